The average Bonchev–Trinajstić information content (AvgIpc) is 3.10. The van der Waals surface area contributed by atoms with Gasteiger partial charge in [0.25, 0.3) is 5.91 Å². The molecule has 7 nitrogen and oxygen atoms in total. The Hall–Kier alpha value is -1.89. The first-order valence-electron chi connectivity index (χ1n) is 9.90. The maximum absolute atomic E-state index is 12.7. The summed E-state index contributed by atoms with van der Waals surface area (Å²) in [5.74, 6) is 1.41. The molecule has 2 amide bonds. The molecule has 0 radical (unpaired) electrons. The molecule has 0 bridgehead atoms. The topological polar surface area (TPSA) is 70.5 Å². The molecule has 2 atom stereocenters. The van der Waals surface area contributed by atoms with Crippen LogP contribution in [0.25, 0.3) is 0 Å². The van der Waals surface area contributed by atoms with Crippen LogP contribution in [0.5, 0.6) is 0 Å². The number of amides is 2. The van der Waals surface area contributed by atoms with Gasteiger partial charge in [-0.2, -0.15) is 5.10 Å². The lowest BCUT2D eigenvalue weighted by atomic mass is 9.82. The quantitative estimate of drug-likeness (QED) is 0.870. The second kappa shape index (κ2) is 7.39. The van der Waals surface area contributed by atoms with Crippen molar-refractivity contribution in [2.45, 2.75) is 38.1 Å². The van der Waals surface area contributed by atoms with Gasteiger partial charge in [-0.15, -0.1) is 0 Å². The van der Waals surface area contributed by atoms with Gasteiger partial charge in [-0.1, -0.05) is 0 Å². The highest BCUT2D eigenvalue weighted by atomic mass is 16.2. The summed E-state index contributed by atoms with van der Waals surface area (Å²) < 4.78 is 1.67. The number of nitrogens with zero attached hydrogens (tertiary/aromatic N) is 4. The van der Waals surface area contributed by atoms with Gasteiger partial charge in [-0.25, -0.2) is 0 Å². The van der Waals surface area contributed by atoms with Gasteiger partial charge >= 0.3 is 0 Å². The van der Waals surface area contributed by atoms with E-state index in [1.54, 1.807) is 17.1 Å². The average molecular weight is 359 g/mol. The summed E-state index contributed by atoms with van der Waals surface area (Å²) in [5, 5.41) is 7.51. The van der Waals surface area contributed by atoms with Crippen LogP contribution in [0.1, 0.15) is 42.5 Å². The van der Waals surface area contributed by atoms with Crippen LogP contribution in [0.2, 0.25) is 0 Å². The van der Waals surface area contributed by atoms with Gasteiger partial charge in [0.15, 0.2) is 0 Å². The second-order valence-electron chi connectivity index (χ2n) is 8.05. The Labute approximate surface area is 154 Å². The van der Waals surface area contributed by atoms with E-state index < -0.39 is 0 Å². The van der Waals surface area contributed by atoms with E-state index in [-0.39, 0.29) is 5.91 Å². The van der Waals surface area contributed by atoms with Crippen molar-refractivity contribution in [2.24, 2.45) is 18.9 Å². The van der Waals surface area contributed by atoms with Gasteiger partial charge in [0.05, 0.1) is 11.8 Å². The van der Waals surface area contributed by atoms with Crippen molar-refractivity contribution in [2.75, 3.05) is 32.7 Å². The monoisotopic (exact) mass is 359 g/mol. The number of aryl methyl sites for hydroxylation is 1. The fraction of sp³-hybridized carbons (Fsp3) is 0.737. The lowest BCUT2D eigenvalue weighted by Crippen LogP contribution is -2.58. The van der Waals surface area contributed by atoms with E-state index in [4.69, 9.17) is 0 Å². The molecule has 3 aliphatic rings. The van der Waals surface area contributed by atoms with E-state index in [9.17, 15) is 9.59 Å². The van der Waals surface area contributed by atoms with Crippen LogP contribution < -0.4 is 5.32 Å². The van der Waals surface area contributed by atoms with E-state index in [0.29, 0.717) is 35.8 Å². The number of aromatic nitrogens is 2. The van der Waals surface area contributed by atoms with Crippen molar-refractivity contribution in [1.82, 2.24) is 24.9 Å². The molecule has 7 heteroatoms. The minimum atomic E-state index is 0.0679. The van der Waals surface area contributed by atoms with Crippen LogP contribution in [0.4, 0.5) is 0 Å². The van der Waals surface area contributed by atoms with Crippen molar-refractivity contribution in [3.05, 3.63) is 18.0 Å². The molecule has 3 saturated heterocycles. The molecule has 1 N–H and O–H groups in total. The number of carbonyl (C=O) groups excluding carboxylic acids is 2. The third-order valence-corrected chi connectivity index (χ3v) is 6.30. The molecule has 26 heavy (non-hydrogen) atoms. The molecule has 4 heterocycles. The summed E-state index contributed by atoms with van der Waals surface area (Å²) in [6, 6.07) is 0.309. The van der Waals surface area contributed by atoms with Gasteiger partial charge in [0, 0.05) is 45.3 Å². The van der Waals surface area contributed by atoms with E-state index in [1.807, 2.05) is 11.9 Å². The molecule has 0 aliphatic carbocycles. The standard InChI is InChI=1S/C19H29N5O2/c1-22-12-16(10-21-22)19(26)23-9-6-17-15(13-23)2-3-18(25)24(17)11-14-4-7-20-8-5-14/h10,12,14-15,17,20H,2-9,11,13H2,1H3/t15-,17+/m0/s1. The highest BCUT2D eigenvalue weighted by Gasteiger charge is 2.41. The number of likely N-dealkylation sites (tertiary alicyclic amines) is 2. The summed E-state index contributed by atoms with van der Waals surface area (Å²) in [5.41, 5.74) is 0.657. The maximum Gasteiger partial charge on any atom is 0.257 e. The molecule has 4 rings (SSSR count). The van der Waals surface area contributed by atoms with Crippen molar-refractivity contribution in [3.8, 4) is 0 Å². The molecule has 1 aromatic rings. The Balaban J connectivity index is 1.41. The van der Waals surface area contributed by atoms with Crippen molar-refractivity contribution >= 4 is 11.8 Å². The van der Waals surface area contributed by atoms with Gasteiger partial charge in [0.2, 0.25) is 5.91 Å². The highest BCUT2D eigenvalue weighted by molar-refractivity contribution is 5.93. The predicted octanol–water partition coefficient (Wildman–Crippen LogP) is 0.873. The number of piperidine rings is 3. The minimum absolute atomic E-state index is 0.0679. The summed E-state index contributed by atoms with van der Waals surface area (Å²) in [4.78, 5) is 29.4. The Bertz CT molecular complexity index is 667. The maximum atomic E-state index is 12.7. The van der Waals surface area contributed by atoms with Crippen molar-refractivity contribution < 1.29 is 9.59 Å². The number of rotatable bonds is 3. The van der Waals surface area contributed by atoms with Gasteiger partial charge in [0.1, 0.15) is 0 Å². The van der Waals surface area contributed by atoms with Crippen LogP contribution in [0.3, 0.4) is 0 Å². The molecule has 0 saturated carbocycles. The molecule has 0 unspecified atom stereocenters. The van der Waals surface area contributed by atoms with Crippen LogP contribution in [0.15, 0.2) is 12.4 Å². The third kappa shape index (κ3) is 3.49. The first-order chi connectivity index (χ1) is 12.6. The van der Waals surface area contributed by atoms with Crippen LogP contribution in [-0.2, 0) is 11.8 Å². The first kappa shape index (κ1) is 17.5. The van der Waals surface area contributed by atoms with Crippen molar-refractivity contribution in [1.29, 1.82) is 0 Å². The molecule has 0 aromatic carbocycles. The number of hydrogen-bond acceptors (Lipinski definition) is 4. The largest absolute Gasteiger partial charge is 0.339 e. The van der Waals surface area contributed by atoms with Gasteiger partial charge in [-0.3, -0.25) is 14.3 Å². The Morgan fingerprint density at radius 3 is 2.81 bits per heavy atom. The Morgan fingerprint density at radius 1 is 1.27 bits per heavy atom. The van der Waals surface area contributed by atoms with Gasteiger partial charge < -0.3 is 15.1 Å². The van der Waals surface area contributed by atoms with Crippen LogP contribution in [0, 0.1) is 11.8 Å². The molecule has 142 valence electrons. The van der Waals surface area contributed by atoms with E-state index >= 15 is 0 Å². The van der Waals surface area contributed by atoms with Crippen molar-refractivity contribution in [3.63, 3.8) is 0 Å². The zero-order chi connectivity index (χ0) is 18.1. The van der Waals surface area contributed by atoms with E-state index in [2.05, 4.69) is 15.3 Å². The van der Waals surface area contributed by atoms with Crippen LogP contribution >= 0.6 is 0 Å². The van der Waals surface area contributed by atoms with Crippen LogP contribution in [-0.4, -0.2) is 70.2 Å². The molecule has 0 spiro atoms. The minimum Gasteiger partial charge on any atom is -0.339 e. The summed E-state index contributed by atoms with van der Waals surface area (Å²) in [6.07, 6.45) is 8.17. The lowest BCUT2D eigenvalue weighted by Gasteiger charge is -2.48. The molecular formula is C19H29N5O2. The number of nitrogens with one attached hydrogen (secondary N) is 1. The Morgan fingerprint density at radius 2 is 2.08 bits per heavy atom. The smallest absolute Gasteiger partial charge is 0.257 e. The summed E-state index contributed by atoms with van der Waals surface area (Å²) in [7, 11) is 1.83. The zero-order valence-corrected chi connectivity index (χ0v) is 15.6. The number of hydrogen-bond donors (Lipinski definition) is 1. The molecular weight excluding hydrogens is 330 g/mol. The summed E-state index contributed by atoms with van der Waals surface area (Å²) >= 11 is 0. The molecule has 1 aromatic heterocycles. The fourth-order valence-electron chi connectivity index (χ4n) is 4.83. The van der Waals surface area contributed by atoms with E-state index in [1.165, 1.54) is 0 Å². The molecule has 3 fully saturated rings. The zero-order valence-electron chi connectivity index (χ0n) is 15.6. The van der Waals surface area contributed by atoms with E-state index in [0.717, 1.165) is 58.4 Å². The lowest BCUT2D eigenvalue weighted by molar-refractivity contribution is -0.141. The fourth-order valence-corrected chi connectivity index (χ4v) is 4.83. The highest BCUT2D eigenvalue weighted by Crippen LogP contribution is 2.33. The first-order valence-corrected chi connectivity index (χ1v) is 9.90. The SMILES string of the molecule is Cn1cc(C(=O)N2CC[C@@H]3[C@@H](CCC(=O)N3CC3CCNCC3)C2)cn1. The summed E-state index contributed by atoms with van der Waals surface area (Å²) in [6.45, 7) is 4.51. The number of carbonyl (C=O) groups is 2. The normalized spacial score (nSPS) is 27.5. The second-order valence-corrected chi connectivity index (χ2v) is 8.05. The Kier molecular flexibility index (Phi) is 4.98. The molecule has 3 aliphatic heterocycles. The van der Waals surface area contributed by atoms with Gasteiger partial charge in [-0.05, 0) is 50.6 Å². The number of fused-ring (bicyclic) bond motifs is 1. The third-order valence-electron chi connectivity index (χ3n) is 6.30. The predicted molar refractivity (Wildman–Crippen MR) is 97.5 cm³/mol.